The molecule has 0 aromatic carbocycles. The smallest absolute Gasteiger partial charge is 0.339 e. The molecular weight excluding hydrogens is 1140 g/mol. The number of carbonyl (C=O) groups excluding carboxylic acids is 2. The normalized spacial score (nSPS) is 47.3. The van der Waals surface area contributed by atoms with Gasteiger partial charge in [0.15, 0.2) is 50.1 Å². The highest BCUT2D eigenvalue weighted by Gasteiger charge is 2.58. The minimum Gasteiger partial charge on any atom is -0.394 e. The summed E-state index contributed by atoms with van der Waals surface area (Å²) in [5.41, 5.74) is 0. The molecule has 6 fully saturated rings. The van der Waals surface area contributed by atoms with Crippen molar-refractivity contribution in [1.29, 1.82) is 0 Å². The average molecular weight is 1210 g/mol. The molecule has 0 aromatic heterocycles. The van der Waals surface area contributed by atoms with Crippen LogP contribution in [0.2, 0.25) is 0 Å². The van der Waals surface area contributed by atoms with Crippen LogP contribution in [0.15, 0.2) is 0 Å². The molecule has 0 aromatic rings. The summed E-state index contributed by atoms with van der Waals surface area (Å²) in [6.45, 7) is -6.68. The van der Waals surface area contributed by atoms with Gasteiger partial charge in [0.1, 0.15) is 165 Å². The summed E-state index contributed by atoms with van der Waals surface area (Å²) in [5.74, 6) is -1.12. The summed E-state index contributed by atoms with van der Waals surface area (Å²) >= 11 is 0. The van der Waals surface area contributed by atoms with Gasteiger partial charge in [0.2, 0.25) is 0 Å². The number of aliphatic hydroxyl groups is 22. The largest absolute Gasteiger partial charge is 0.394 e. The third-order valence-corrected chi connectivity index (χ3v) is 14.4. The minimum absolute atomic E-state index is 0.0895. The Morgan fingerprint density at radius 3 is 0.939 bits per heavy atom. The average Bonchev–Trinajstić information content (AvgIpc) is 2.70. The molecule has 6 aliphatic heterocycles. The Balaban J connectivity index is 1.20. The number of hydrogen-bond donors (Lipinski definition) is 22. The topological polar surface area (TPSA) is 608 Å². The molecule has 478 valence electrons. The lowest BCUT2D eigenvalue weighted by Crippen LogP contribution is -2.68. The zero-order chi connectivity index (χ0) is 60.8. The molecule has 6 heterocycles. The number of aliphatic hydroxyl groups excluding tert-OH is 22. The van der Waals surface area contributed by atoms with Crippen LogP contribution in [0.4, 0.5) is 0 Å². The van der Waals surface area contributed by atoms with Crippen LogP contribution < -0.4 is 0 Å². The lowest BCUT2D eigenvalue weighted by molar-refractivity contribution is -0.400. The van der Waals surface area contributed by atoms with E-state index in [4.69, 9.17) is 56.8 Å². The third kappa shape index (κ3) is 15.0. The SMILES string of the molecule is CC(=O)OO[C@@H](C=O)[C@@H](O[C@@H]1O[C@H](CO)[C@@H](O)[C@H](O[C@@H]2O[C@H](CO)[C@@H](O)[C@H](O[C@@H]3O[C@H](CO)[C@@H](O)[C@H](O[C@@H]4O[C@H](CO)[C@@H](O)[C@H](O[C@@H]5O[C@H](CO)[C@@H](O)[C@H](O[C@@H]6O[C@H](CO)[C@@H](O)[C@H](O)[C@H]6O)[C@H]5O)[C@H]4O)[C@H]3O)[C@H]2O)[C@H]1O)[C@H](O)[C@H](O)CO. The van der Waals surface area contributed by atoms with Crippen LogP contribution in [0, 0.1) is 0 Å². The van der Waals surface area contributed by atoms with Crippen LogP contribution in [0.25, 0.3) is 0 Å². The highest BCUT2D eigenvalue weighted by atomic mass is 17.2. The van der Waals surface area contributed by atoms with E-state index >= 15 is 0 Å². The quantitative estimate of drug-likeness (QED) is 0.0229. The number of hydrogen-bond acceptors (Lipinski definition) is 38. The third-order valence-electron chi connectivity index (χ3n) is 14.4. The Morgan fingerprint density at radius 2 is 0.671 bits per heavy atom. The molecule has 0 bridgehead atoms. The van der Waals surface area contributed by atoms with Crippen LogP contribution >= 0.6 is 0 Å². The fourth-order valence-electron chi connectivity index (χ4n) is 9.70. The second kappa shape index (κ2) is 30.6. The molecule has 0 spiro atoms. The standard InChI is InChI=1S/C44H74O38/c1-10(53)81-82-18(9-52)33(19(55)11(54)2-45)75-40-28(64)35(22(58)13(4-47)70-40)77-42-30(66)37(24(60)15(6-49)72-42)79-44-32(68)38(25(61)17(8-51)74-44)80-43-31(67)36(23(59)16(7-50)73-43)78-41-29(65)34(21(57)14(5-48)71-41)76-39-27(63)26(62)20(56)12(3-46)69-39/h9,11-51,54-68H,2-8H2,1H3/t11-,12-,13-,14-,15-,16-,17-,18+,19-,20-,21-,22-,23-,24-,25-,26+,27-,28-,29-,30-,31-,32-,33-,34+,35+,36+,37+,38+,39+,40+,41+,42+,43+,44+/m1/s1. The van der Waals surface area contributed by atoms with Gasteiger partial charge in [0.05, 0.1) is 46.2 Å². The summed E-state index contributed by atoms with van der Waals surface area (Å²) in [6, 6.07) is 0. The van der Waals surface area contributed by atoms with Gasteiger partial charge >= 0.3 is 5.97 Å². The lowest BCUT2D eigenvalue weighted by atomic mass is 9.95. The molecule has 38 heteroatoms. The van der Waals surface area contributed by atoms with Gasteiger partial charge in [-0.05, 0) is 0 Å². The monoisotopic (exact) mass is 1210 g/mol. The van der Waals surface area contributed by atoms with Crippen molar-refractivity contribution < 1.29 is 189 Å². The van der Waals surface area contributed by atoms with Gasteiger partial charge in [-0.25, -0.2) is 4.79 Å². The predicted molar refractivity (Wildman–Crippen MR) is 244 cm³/mol. The molecular formula is C44H74O38. The zero-order valence-corrected chi connectivity index (χ0v) is 43.0. The van der Waals surface area contributed by atoms with Gasteiger partial charge < -0.3 is 174 Å². The van der Waals surface area contributed by atoms with Crippen molar-refractivity contribution in [2.24, 2.45) is 0 Å². The van der Waals surface area contributed by atoms with Gasteiger partial charge in [-0.1, -0.05) is 0 Å². The molecule has 0 aliphatic carbocycles. The Morgan fingerprint density at radius 1 is 0.402 bits per heavy atom. The molecule has 38 nitrogen and oxygen atoms in total. The Bertz CT molecular complexity index is 1930. The van der Waals surface area contributed by atoms with Gasteiger partial charge in [-0.15, -0.1) is 0 Å². The van der Waals surface area contributed by atoms with E-state index in [2.05, 4.69) is 9.78 Å². The first-order valence-electron chi connectivity index (χ1n) is 25.5. The molecule has 0 unspecified atom stereocenters. The number of aldehydes is 1. The van der Waals surface area contributed by atoms with E-state index in [0.717, 1.165) is 6.92 Å². The van der Waals surface area contributed by atoms with Crippen LogP contribution in [-0.2, 0) is 76.2 Å². The van der Waals surface area contributed by atoms with Crippen molar-refractivity contribution in [3.05, 3.63) is 0 Å². The molecule has 82 heavy (non-hydrogen) atoms. The van der Waals surface area contributed by atoms with Crippen molar-refractivity contribution in [3.8, 4) is 0 Å². The fraction of sp³-hybridized carbons (Fsp3) is 0.955. The molecule has 22 N–H and O–H groups in total. The summed E-state index contributed by atoms with van der Waals surface area (Å²) in [6.07, 6.45) is -71.1. The van der Waals surface area contributed by atoms with E-state index in [9.17, 15) is 122 Å². The molecule has 6 saturated heterocycles. The molecule has 0 saturated carbocycles. The number of ether oxygens (including phenoxy) is 12. The Kier molecular flexibility index (Phi) is 25.7. The summed E-state index contributed by atoms with van der Waals surface area (Å²) in [4.78, 5) is 32.5. The van der Waals surface area contributed by atoms with Crippen molar-refractivity contribution in [3.63, 3.8) is 0 Å². The van der Waals surface area contributed by atoms with E-state index in [-0.39, 0.29) is 6.29 Å². The maximum Gasteiger partial charge on any atom is 0.339 e. The fourth-order valence-corrected chi connectivity index (χ4v) is 9.70. The maximum absolute atomic E-state index is 12.0. The van der Waals surface area contributed by atoms with Gasteiger partial charge in [-0.2, -0.15) is 4.89 Å². The highest BCUT2D eigenvalue weighted by molar-refractivity contribution is 5.65. The molecule has 0 amide bonds. The van der Waals surface area contributed by atoms with E-state index in [1.807, 2.05) is 0 Å². The van der Waals surface area contributed by atoms with Gasteiger partial charge in [-0.3, -0.25) is 4.89 Å². The summed E-state index contributed by atoms with van der Waals surface area (Å²) < 4.78 is 67.0. The minimum atomic E-state index is -2.37. The van der Waals surface area contributed by atoms with Gasteiger partial charge in [0.25, 0.3) is 0 Å². The second-order valence-electron chi connectivity index (χ2n) is 19.8. The molecule has 6 rings (SSSR count). The Labute approximate surface area is 462 Å². The van der Waals surface area contributed by atoms with Crippen LogP contribution in [0.5, 0.6) is 0 Å². The molecule has 6 aliphatic rings. The first kappa shape index (κ1) is 68.8. The lowest BCUT2D eigenvalue weighted by Gasteiger charge is -2.50. The predicted octanol–water partition coefficient (Wildman–Crippen LogP) is -15.9. The Hall–Kier alpha value is -2.26. The van der Waals surface area contributed by atoms with E-state index in [1.165, 1.54) is 0 Å². The van der Waals surface area contributed by atoms with E-state index in [0.29, 0.717) is 0 Å². The number of carbonyl (C=O) groups is 2. The number of rotatable bonds is 25. The van der Waals surface area contributed by atoms with Crippen LogP contribution in [0.3, 0.4) is 0 Å². The summed E-state index contributed by atoms with van der Waals surface area (Å²) in [5, 5.41) is 236. The molecule has 34 atom stereocenters. The second-order valence-corrected chi connectivity index (χ2v) is 19.8. The van der Waals surface area contributed by atoms with Crippen molar-refractivity contribution in [2.45, 2.75) is 216 Å². The maximum atomic E-state index is 12.0. The van der Waals surface area contributed by atoms with E-state index < -0.39 is 261 Å². The molecule has 0 radical (unpaired) electrons. The van der Waals surface area contributed by atoms with E-state index in [1.54, 1.807) is 0 Å². The zero-order valence-electron chi connectivity index (χ0n) is 43.0. The van der Waals surface area contributed by atoms with Gasteiger partial charge in [0, 0.05) is 6.92 Å². The first-order valence-corrected chi connectivity index (χ1v) is 25.5. The van der Waals surface area contributed by atoms with Crippen LogP contribution in [0.1, 0.15) is 6.92 Å². The van der Waals surface area contributed by atoms with Crippen molar-refractivity contribution in [2.75, 3.05) is 46.2 Å². The van der Waals surface area contributed by atoms with Crippen molar-refractivity contribution in [1.82, 2.24) is 0 Å². The van der Waals surface area contributed by atoms with Crippen molar-refractivity contribution >= 4 is 12.3 Å². The first-order chi connectivity index (χ1) is 38.9. The summed E-state index contributed by atoms with van der Waals surface area (Å²) in [7, 11) is 0. The van der Waals surface area contributed by atoms with Crippen LogP contribution in [-0.4, -0.2) is 379 Å². The highest BCUT2D eigenvalue weighted by Crippen LogP contribution is 2.37.